The summed E-state index contributed by atoms with van der Waals surface area (Å²) in [4.78, 5) is 4.71. The first-order valence-corrected chi connectivity index (χ1v) is 11.1. The number of aromatic nitrogens is 2. The third kappa shape index (κ3) is 3.38. The number of imidazole rings is 1. The van der Waals surface area contributed by atoms with Crippen LogP contribution in [0.1, 0.15) is 18.7 Å². The van der Waals surface area contributed by atoms with Gasteiger partial charge in [0.2, 0.25) is 0 Å². The number of para-hydroxylation sites is 1. The van der Waals surface area contributed by atoms with Gasteiger partial charge in [0.15, 0.2) is 0 Å². The van der Waals surface area contributed by atoms with Crippen molar-refractivity contribution in [3.8, 4) is 11.3 Å². The molecule has 4 rings (SSSR count). The molecule has 3 aromatic rings. The van der Waals surface area contributed by atoms with E-state index in [1.165, 1.54) is 11.3 Å². The van der Waals surface area contributed by atoms with Gasteiger partial charge in [0, 0.05) is 24.7 Å². The number of thiophene rings is 1. The molecule has 0 unspecified atom stereocenters. The van der Waals surface area contributed by atoms with E-state index in [0.717, 1.165) is 46.7 Å². The van der Waals surface area contributed by atoms with Crippen molar-refractivity contribution in [1.29, 1.82) is 0 Å². The summed E-state index contributed by atoms with van der Waals surface area (Å²) in [6.07, 6.45) is 5.29. The zero-order valence-corrected chi connectivity index (χ0v) is 16.5. The Hall–Kier alpha value is -1.64. The van der Waals surface area contributed by atoms with Crippen molar-refractivity contribution in [2.75, 3.05) is 4.72 Å². The van der Waals surface area contributed by atoms with Crippen LogP contribution in [0.25, 0.3) is 11.3 Å². The van der Waals surface area contributed by atoms with Gasteiger partial charge in [-0.1, -0.05) is 18.2 Å². The maximum atomic E-state index is 12.6. The highest BCUT2D eigenvalue weighted by molar-refractivity contribution is 9.11. The van der Waals surface area contributed by atoms with Gasteiger partial charge in [-0.05, 0) is 47.0 Å². The van der Waals surface area contributed by atoms with Gasteiger partial charge in [0.1, 0.15) is 10.0 Å². The summed E-state index contributed by atoms with van der Waals surface area (Å²) in [6, 6.07) is 10.7. The number of anilines is 1. The van der Waals surface area contributed by atoms with Gasteiger partial charge >= 0.3 is 0 Å². The zero-order valence-electron chi connectivity index (χ0n) is 13.3. The summed E-state index contributed by atoms with van der Waals surface area (Å²) >= 11 is 4.49. The third-order valence-electron chi connectivity index (χ3n) is 4.17. The molecule has 0 spiro atoms. The molecule has 1 aliphatic rings. The number of nitrogens with one attached hydrogen (secondary N) is 1. The second-order valence-corrected chi connectivity index (χ2v) is 10.3. The lowest BCUT2D eigenvalue weighted by Gasteiger charge is -2.11. The van der Waals surface area contributed by atoms with E-state index in [4.69, 9.17) is 4.98 Å². The average molecular weight is 438 g/mol. The molecule has 0 saturated carbocycles. The molecule has 0 fully saturated rings. The molecule has 25 heavy (non-hydrogen) atoms. The Balaban J connectivity index is 1.71. The highest BCUT2D eigenvalue weighted by atomic mass is 79.9. The molecular weight excluding hydrogens is 422 g/mol. The molecule has 1 N–H and O–H groups in total. The Labute approximate surface area is 158 Å². The first kappa shape index (κ1) is 16.8. The third-order valence-corrected chi connectivity index (χ3v) is 7.65. The van der Waals surface area contributed by atoms with Crippen molar-refractivity contribution in [3.63, 3.8) is 0 Å². The first-order valence-electron chi connectivity index (χ1n) is 7.96. The van der Waals surface area contributed by atoms with Gasteiger partial charge in [-0.15, -0.1) is 11.3 Å². The molecular formula is C17H16BrN3O2S2. The Morgan fingerprint density at radius 1 is 1.16 bits per heavy atom. The predicted molar refractivity (Wildman–Crippen MR) is 103 cm³/mol. The van der Waals surface area contributed by atoms with Crippen LogP contribution < -0.4 is 4.72 Å². The molecule has 3 heterocycles. The summed E-state index contributed by atoms with van der Waals surface area (Å²) in [7, 11) is -3.62. The second kappa shape index (κ2) is 6.59. The number of hydrogen-bond acceptors (Lipinski definition) is 4. The van der Waals surface area contributed by atoms with E-state index in [2.05, 4.69) is 25.2 Å². The number of sulfonamides is 1. The maximum Gasteiger partial charge on any atom is 0.271 e. The molecule has 0 amide bonds. The van der Waals surface area contributed by atoms with Crippen LogP contribution in [0.3, 0.4) is 0 Å². The van der Waals surface area contributed by atoms with Crippen molar-refractivity contribution < 1.29 is 8.42 Å². The number of rotatable bonds is 4. The quantitative estimate of drug-likeness (QED) is 0.652. The fraction of sp³-hybridized carbons (Fsp3) is 0.235. The molecule has 5 nitrogen and oxygen atoms in total. The van der Waals surface area contributed by atoms with E-state index in [1.807, 2.05) is 24.4 Å². The smallest absolute Gasteiger partial charge is 0.271 e. The summed E-state index contributed by atoms with van der Waals surface area (Å²) in [5.41, 5.74) is 2.15. The van der Waals surface area contributed by atoms with Crippen LogP contribution in [0.5, 0.6) is 0 Å². The number of benzene rings is 1. The lowest BCUT2D eigenvalue weighted by molar-refractivity contribution is 0.522. The van der Waals surface area contributed by atoms with E-state index in [9.17, 15) is 8.42 Å². The fourth-order valence-electron chi connectivity index (χ4n) is 2.98. The van der Waals surface area contributed by atoms with Gasteiger partial charge in [-0.2, -0.15) is 0 Å². The largest absolute Gasteiger partial charge is 0.334 e. The molecule has 0 bridgehead atoms. The lowest BCUT2D eigenvalue weighted by Crippen LogP contribution is -2.12. The minimum Gasteiger partial charge on any atom is -0.334 e. The van der Waals surface area contributed by atoms with Crippen molar-refractivity contribution in [2.24, 2.45) is 0 Å². The minimum absolute atomic E-state index is 0.276. The Morgan fingerprint density at radius 2 is 2.00 bits per heavy atom. The Morgan fingerprint density at radius 3 is 2.76 bits per heavy atom. The minimum atomic E-state index is -3.62. The van der Waals surface area contributed by atoms with Crippen LogP contribution in [-0.4, -0.2) is 18.0 Å². The van der Waals surface area contributed by atoms with Crippen LogP contribution in [-0.2, 0) is 23.0 Å². The van der Waals surface area contributed by atoms with Crippen molar-refractivity contribution in [1.82, 2.24) is 9.55 Å². The van der Waals surface area contributed by atoms with Crippen LogP contribution in [0, 0.1) is 0 Å². The van der Waals surface area contributed by atoms with E-state index < -0.39 is 10.0 Å². The highest BCUT2D eigenvalue weighted by Gasteiger charge is 2.20. The highest BCUT2D eigenvalue weighted by Crippen LogP contribution is 2.32. The lowest BCUT2D eigenvalue weighted by atomic mass is 10.1. The Bertz CT molecular complexity index is 1000. The molecule has 130 valence electrons. The van der Waals surface area contributed by atoms with E-state index in [0.29, 0.717) is 5.69 Å². The van der Waals surface area contributed by atoms with Crippen LogP contribution >= 0.6 is 27.3 Å². The zero-order chi connectivity index (χ0) is 17.4. The molecule has 8 heteroatoms. The Kier molecular flexibility index (Phi) is 4.43. The summed E-state index contributed by atoms with van der Waals surface area (Å²) in [5.74, 6) is 1.07. The van der Waals surface area contributed by atoms with Gasteiger partial charge in [0.25, 0.3) is 10.0 Å². The molecule has 0 radical (unpaired) electrons. The molecule has 1 aromatic carbocycles. The predicted octanol–water partition coefficient (Wildman–Crippen LogP) is 4.51. The number of nitrogens with zero attached hydrogens (tertiary/aromatic N) is 2. The molecule has 1 aliphatic heterocycles. The standard InChI is InChI=1S/C17H16BrN3O2S2/c18-15-8-9-17(24-15)25(22,23)20-13-6-2-1-5-12(13)14-11-21-10-4-3-7-16(21)19-14/h1-2,5-6,8-9,11,20H,3-4,7,10H2. The SMILES string of the molecule is O=S(=O)(Nc1ccccc1-c1cn2c(n1)CCCC2)c1ccc(Br)s1. The average Bonchev–Trinajstić information content (AvgIpc) is 3.21. The van der Waals surface area contributed by atoms with E-state index >= 15 is 0 Å². The molecule has 0 aliphatic carbocycles. The summed E-state index contributed by atoms with van der Waals surface area (Å²) in [5, 5.41) is 0. The monoisotopic (exact) mass is 437 g/mol. The van der Waals surface area contributed by atoms with Crippen LogP contribution in [0.2, 0.25) is 0 Å². The molecule has 0 atom stereocenters. The topological polar surface area (TPSA) is 64.0 Å². The maximum absolute atomic E-state index is 12.6. The van der Waals surface area contributed by atoms with E-state index in [-0.39, 0.29) is 4.21 Å². The van der Waals surface area contributed by atoms with Crippen molar-refractivity contribution >= 4 is 43.0 Å². The fourth-order valence-corrected chi connectivity index (χ4v) is 6.06. The summed E-state index contributed by atoms with van der Waals surface area (Å²) in [6.45, 7) is 0.972. The molecule has 2 aromatic heterocycles. The van der Waals surface area contributed by atoms with Gasteiger partial charge in [0.05, 0.1) is 15.2 Å². The van der Waals surface area contributed by atoms with Gasteiger partial charge < -0.3 is 4.57 Å². The number of aryl methyl sites for hydroxylation is 2. The number of fused-ring (bicyclic) bond motifs is 1. The first-order chi connectivity index (χ1) is 12.0. The van der Waals surface area contributed by atoms with Crippen molar-refractivity contribution in [3.05, 3.63) is 52.2 Å². The second-order valence-electron chi connectivity index (χ2n) is 5.90. The van der Waals surface area contributed by atoms with Crippen molar-refractivity contribution in [2.45, 2.75) is 30.0 Å². The van der Waals surface area contributed by atoms with E-state index in [1.54, 1.807) is 18.2 Å². The number of hydrogen-bond donors (Lipinski definition) is 1. The molecule has 0 saturated heterocycles. The van der Waals surface area contributed by atoms with Crippen LogP contribution in [0.4, 0.5) is 5.69 Å². The normalized spacial score (nSPS) is 14.3. The van der Waals surface area contributed by atoms with Gasteiger partial charge in [-0.25, -0.2) is 13.4 Å². The van der Waals surface area contributed by atoms with Gasteiger partial charge in [-0.3, -0.25) is 4.72 Å². The number of halogens is 1. The van der Waals surface area contributed by atoms with Crippen LogP contribution in [0.15, 0.2) is 50.6 Å². The summed E-state index contributed by atoms with van der Waals surface area (Å²) < 4.78 is 31.2.